The molecule has 8 aromatic carbocycles. The first kappa shape index (κ1) is 35.8. The average molecular weight is 890 g/mol. The first-order valence-corrected chi connectivity index (χ1v) is 18.7. The lowest BCUT2D eigenvalue weighted by molar-refractivity contribution is 0.426. The van der Waals surface area contributed by atoms with Crippen molar-refractivity contribution >= 4 is 88.6 Å². The van der Waals surface area contributed by atoms with Crippen LogP contribution in [-0.2, 0) is 0 Å². The van der Waals surface area contributed by atoms with Gasteiger partial charge in [-0.2, -0.15) is 0 Å². The summed E-state index contributed by atoms with van der Waals surface area (Å²) in [4.78, 5) is 0. The number of hydrogen-bond donors (Lipinski definition) is 2. The van der Waals surface area contributed by atoms with Crippen molar-refractivity contribution in [3.63, 3.8) is 0 Å². The molecule has 0 fully saturated rings. The van der Waals surface area contributed by atoms with Gasteiger partial charge in [-0.05, 0) is 119 Å². The zero-order valence-electron chi connectivity index (χ0n) is 26.9. The van der Waals surface area contributed by atoms with Gasteiger partial charge in [-0.1, -0.05) is 177 Å². The molecule has 8 rings (SSSR count). The molecule has 2 N–H and O–H groups in total. The fraction of sp³-hybridized carbons (Fsp3) is 0. The minimum Gasteiger partial charge on any atom is -0.423 e. The molecule has 6 heteroatoms. The van der Waals surface area contributed by atoms with Gasteiger partial charge in [-0.25, -0.2) is 0 Å². The van der Waals surface area contributed by atoms with E-state index < -0.39 is 7.12 Å². The zero-order valence-corrected chi connectivity index (χ0v) is 32.3. The third-order valence-corrected chi connectivity index (χ3v) is 10.1. The van der Waals surface area contributed by atoms with Gasteiger partial charge in [0.15, 0.2) is 0 Å². The molecule has 2 nitrogen and oxygen atoms in total. The highest BCUT2D eigenvalue weighted by molar-refractivity contribution is 14.1. The monoisotopic (exact) mass is 888 g/mol. The second-order valence-electron chi connectivity index (χ2n) is 11.6. The minimum absolute atomic E-state index is 0.504. The number of hydrogen-bond acceptors (Lipinski definition) is 2. The predicted molar refractivity (Wildman–Crippen MR) is 229 cm³/mol. The van der Waals surface area contributed by atoms with Crippen molar-refractivity contribution in [1.29, 1.82) is 0 Å². The standard InChI is InChI=1S/C22H15Br.C16H13BO2.C6H4BrI/c23-20-14-12-17(13-15-20)16-8-10-19(11-9-16)22-7-3-5-18-4-1-2-6-21(18)22;18-17(19)14-10-8-13(9-11-14)16-7-3-5-12-4-1-2-6-15(12)16;7-5-1-3-6(8)4-2-5/h1-15H;1-11,18-19H;1-4H. The van der Waals surface area contributed by atoms with Crippen molar-refractivity contribution in [2.45, 2.75) is 0 Å². The van der Waals surface area contributed by atoms with Crippen molar-refractivity contribution in [2.75, 3.05) is 0 Å². The van der Waals surface area contributed by atoms with Gasteiger partial charge >= 0.3 is 7.12 Å². The van der Waals surface area contributed by atoms with E-state index in [-0.39, 0.29) is 0 Å². The Labute approximate surface area is 324 Å². The second kappa shape index (κ2) is 17.3. The van der Waals surface area contributed by atoms with Gasteiger partial charge in [-0.15, -0.1) is 0 Å². The Bertz CT molecular complexity index is 2280. The first-order valence-electron chi connectivity index (χ1n) is 16.1. The maximum Gasteiger partial charge on any atom is 0.488 e. The van der Waals surface area contributed by atoms with Gasteiger partial charge in [0.1, 0.15) is 0 Å². The van der Waals surface area contributed by atoms with E-state index in [0.29, 0.717) is 5.46 Å². The molecule has 0 saturated carbocycles. The van der Waals surface area contributed by atoms with E-state index in [1.54, 1.807) is 12.1 Å². The second-order valence-corrected chi connectivity index (χ2v) is 14.6. The van der Waals surface area contributed by atoms with Gasteiger partial charge in [0.2, 0.25) is 0 Å². The van der Waals surface area contributed by atoms with Gasteiger partial charge in [0.05, 0.1) is 0 Å². The van der Waals surface area contributed by atoms with Crippen LogP contribution in [0.15, 0.2) is 191 Å². The largest absolute Gasteiger partial charge is 0.488 e. The molecular formula is C44H32BBr2IO2. The lowest BCUT2D eigenvalue weighted by Gasteiger charge is -2.08. The van der Waals surface area contributed by atoms with E-state index in [4.69, 9.17) is 10.0 Å². The molecule has 0 spiro atoms. The topological polar surface area (TPSA) is 40.5 Å². The summed E-state index contributed by atoms with van der Waals surface area (Å²) in [6, 6.07) is 62.2. The van der Waals surface area contributed by atoms with Crippen LogP contribution in [0.2, 0.25) is 0 Å². The molecule has 244 valence electrons. The Balaban J connectivity index is 0.000000144. The maximum atomic E-state index is 9.11. The van der Waals surface area contributed by atoms with Crippen LogP contribution in [0.5, 0.6) is 0 Å². The van der Waals surface area contributed by atoms with Crippen LogP contribution in [0, 0.1) is 3.57 Å². The average Bonchev–Trinajstić information content (AvgIpc) is 3.16. The molecule has 0 bridgehead atoms. The summed E-state index contributed by atoms with van der Waals surface area (Å²) in [5.41, 5.74) is 7.73. The highest BCUT2D eigenvalue weighted by Gasteiger charge is 2.11. The van der Waals surface area contributed by atoms with E-state index in [1.807, 2.05) is 42.5 Å². The van der Waals surface area contributed by atoms with Crippen molar-refractivity contribution < 1.29 is 10.0 Å². The Morgan fingerprint density at radius 3 is 1.18 bits per heavy atom. The SMILES string of the molecule is Brc1ccc(-c2ccc(-c3cccc4ccccc34)cc2)cc1.Brc1ccc(I)cc1.OB(O)c1ccc(-c2cccc3ccccc23)cc1. The van der Waals surface area contributed by atoms with Gasteiger partial charge in [0.25, 0.3) is 0 Å². The predicted octanol–water partition coefficient (Wildman–Crippen LogP) is 12.2. The van der Waals surface area contributed by atoms with E-state index in [9.17, 15) is 0 Å². The van der Waals surface area contributed by atoms with Crippen molar-refractivity contribution in [2.24, 2.45) is 0 Å². The van der Waals surface area contributed by atoms with Crippen LogP contribution in [0.1, 0.15) is 0 Å². The Morgan fingerprint density at radius 1 is 0.380 bits per heavy atom. The molecule has 0 amide bonds. The third kappa shape index (κ3) is 9.19. The minimum atomic E-state index is -1.42. The summed E-state index contributed by atoms with van der Waals surface area (Å²) < 4.78 is 3.51. The van der Waals surface area contributed by atoms with E-state index in [2.05, 4.69) is 182 Å². The van der Waals surface area contributed by atoms with Crippen LogP contribution in [-0.4, -0.2) is 17.2 Å². The van der Waals surface area contributed by atoms with Crippen molar-refractivity contribution in [1.82, 2.24) is 0 Å². The summed E-state index contributed by atoms with van der Waals surface area (Å²) in [7, 11) is -1.42. The normalized spacial score (nSPS) is 10.5. The van der Waals surface area contributed by atoms with Crippen LogP contribution >= 0.6 is 54.5 Å². The lowest BCUT2D eigenvalue weighted by Crippen LogP contribution is -2.29. The number of fused-ring (bicyclic) bond motifs is 2. The molecule has 50 heavy (non-hydrogen) atoms. The summed E-state index contributed by atoms with van der Waals surface area (Å²) >= 11 is 9.10. The van der Waals surface area contributed by atoms with E-state index in [1.165, 1.54) is 47.4 Å². The highest BCUT2D eigenvalue weighted by atomic mass is 127. The van der Waals surface area contributed by atoms with Crippen LogP contribution in [0.3, 0.4) is 0 Å². The van der Waals surface area contributed by atoms with Crippen LogP contribution < -0.4 is 5.46 Å². The molecule has 0 radical (unpaired) electrons. The molecule has 8 aromatic rings. The molecule has 0 heterocycles. The molecule has 0 atom stereocenters. The zero-order chi connectivity index (χ0) is 34.9. The number of benzene rings is 8. The molecule has 0 aliphatic carbocycles. The maximum absolute atomic E-state index is 9.11. The summed E-state index contributed by atoms with van der Waals surface area (Å²) in [5.74, 6) is 0. The molecule has 0 aliphatic heterocycles. The van der Waals surface area contributed by atoms with Crippen LogP contribution in [0.25, 0.3) is 54.9 Å². The quantitative estimate of drug-likeness (QED) is 0.137. The first-order chi connectivity index (χ1) is 24.4. The number of halogens is 3. The van der Waals surface area contributed by atoms with Crippen molar-refractivity contribution in [3.8, 4) is 33.4 Å². The fourth-order valence-electron chi connectivity index (χ4n) is 5.70. The fourth-order valence-corrected chi connectivity index (χ4v) is 6.59. The Hall–Kier alpha value is -4.05. The Morgan fingerprint density at radius 2 is 0.740 bits per heavy atom. The molecular weight excluding hydrogens is 858 g/mol. The van der Waals surface area contributed by atoms with Gasteiger partial charge in [0, 0.05) is 12.5 Å². The Kier molecular flexibility index (Phi) is 12.3. The van der Waals surface area contributed by atoms with Crippen molar-refractivity contribution in [3.05, 3.63) is 195 Å². The summed E-state index contributed by atoms with van der Waals surface area (Å²) in [6.07, 6.45) is 0. The van der Waals surface area contributed by atoms with Crippen LogP contribution in [0.4, 0.5) is 0 Å². The molecule has 0 aliphatic rings. The molecule has 0 unspecified atom stereocenters. The molecule has 0 saturated heterocycles. The van der Waals surface area contributed by atoms with E-state index in [0.717, 1.165) is 20.1 Å². The lowest BCUT2D eigenvalue weighted by atomic mass is 9.79. The van der Waals surface area contributed by atoms with Gasteiger partial charge in [-0.3, -0.25) is 0 Å². The number of rotatable bonds is 4. The summed E-state index contributed by atoms with van der Waals surface area (Å²) in [5, 5.41) is 23.2. The third-order valence-electron chi connectivity index (χ3n) is 8.28. The summed E-state index contributed by atoms with van der Waals surface area (Å²) in [6.45, 7) is 0. The van der Waals surface area contributed by atoms with E-state index >= 15 is 0 Å². The highest BCUT2D eigenvalue weighted by Crippen LogP contribution is 2.31. The molecule has 0 aromatic heterocycles. The smallest absolute Gasteiger partial charge is 0.423 e. The van der Waals surface area contributed by atoms with Gasteiger partial charge < -0.3 is 10.0 Å².